The maximum Gasteiger partial charge on any atom is 0.251 e. The van der Waals surface area contributed by atoms with Crippen LogP contribution in [0.25, 0.3) is 0 Å². The Morgan fingerprint density at radius 2 is 2.16 bits per heavy atom. The molecule has 0 bridgehead atoms. The van der Waals surface area contributed by atoms with Crippen molar-refractivity contribution in [2.45, 2.75) is 27.2 Å². The summed E-state index contributed by atoms with van der Waals surface area (Å²) in [4.78, 5) is 12.0. The molecule has 4 heteroatoms. The minimum Gasteiger partial charge on any atom is -0.494 e. The first-order valence-corrected chi connectivity index (χ1v) is 7.09. The summed E-state index contributed by atoms with van der Waals surface area (Å²) in [7, 11) is 0. The molecule has 0 aliphatic rings. The first-order valence-electron chi connectivity index (χ1n) is 6.55. The molecule has 1 rings (SSSR count). The van der Waals surface area contributed by atoms with Crippen LogP contribution >= 0.6 is 11.6 Å². The summed E-state index contributed by atoms with van der Waals surface area (Å²) in [6.07, 6.45) is 0.945. The lowest BCUT2D eigenvalue weighted by Crippen LogP contribution is -2.34. The van der Waals surface area contributed by atoms with Gasteiger partial charge in [0.05, 0.1) is 6.61 Å². The van der Waals surface area contributed by atoms with Crippen molar-refractivity contribution in [2.24, 2.45) is 5.41 Å². The van der Waals surface area contributed by atoms with Gasteiger partial charge in [0, 0.05) is 18.0 Å². The number of ether oxygens (including phenoxy) is 1. The van der Waals surface area contributed by atoms with Crippen LogP contribution in [0.1, 0.15) is 37.6 Å². The molecule has 0 fully saturated rings. The van der Waals surface area contributed by atoms with Gasteiger partial charge in [0.25, 0.3) is 5.91 Å². The summed E-state index contributed by atoms with van der Waals surface area (Å²) in [5, 5.41) is 2.89. The zero-order valence-corrected chi connectivity index (χ0v) is 12.6. The standard InChI is InChI=1S/C15H22ClNO2/c1-4-8-19-13-7-5-6-12(9-13)14(18)17-11-15(2,3)10-16/h5-7,9H,4,8,10-11H2,1-3H3,(H,17,18). The molecule has 3 nitrogen and oxygen atoms in total. The molecule has 1 N–H and O–H groups in total. The third-order valence-electron chi connectivity index (χ3n) is 2.66. The number of rotatable bonds is 7. The van der Waals surface area contributed by atoms with Gasteiger partial charge in [-0.1, -0.05) is 26.8 Å². The van der Waals surface area contributed by atoms with Crippen molar-refractivity contribution >= 4 is 17.5 Å². The Kier molecular flexibility index (Phi) is 6.16. The Labute approximate surface area is 120 Å². The van der Waals surface area contributed by atoms with Crippen LogP contribution in [0.3, 0.4) is 0 Å². The van der Waals surface area contributed by atoms with Gasteiger partial charge in [0.15, 0.2) is 0 Å². The fourth-order valence-corrected chi connectivity index (χ4v) is 1.51. The van der Waals surface area contributed by atoms with E-state index >= 15 is 0 Å². The SMILES string of the molecule is CCCOc1cccc(C(=O)NCC(C)(C)CCl)c1. The van der Waals surface area contributed by atoms with E-state index in [4.69, 9.17) is 16.3 Å². The lowest BCUT2D eigenvalue weighted by atomic mass is 9.96. The molecule has 106 valence electrons. The second-order valence-electron chi connectivity index (χ2n) is 5.36. The predicted octanol–water partition coefficient (Wildman–Crippen LogP) is 3.47. The van der Waals surface area contributed by atoms with E-state index in [2.05, 4.69) is 5.32 Å². The van der Waals surface area contributed by atoms with Gasteiger partial charge in [-0.05, 0) is 30.0 Å². The molecule has 0 saturated carbocycles. The number of halogens is 1. The van der Waals surface area contributed by atoms with Crippen LogP contribution in [0.15, 0.2) is 24.3 Å². The molecular formula is C15H22ClNO2. The van der Waals surface area contributed by atoms with Gasteiger partial charge in [-0.2, -0.15) is 0 Å². The zero-order valence-electron chi connectivity index (χ0n) is 11.8. The molecule has 0 aromatic heterocycles. The molecule has 1 aromatic carbocycles. The number of carbonyl (C=O) groups excluding carboxylic acids is 1. The summed E-state index contributed by atoms with van der Waals surface area (Å²) < 4.78 is 5.51. The summed E-state index contributed by atoms with van der Waals surface area (Å²) in [6, 6.07) is 7.22. The Morgan fingerprint density at radius 3 is 2.79 bits per heavy atom. The Balaban J connectivity index is 2.61. The van der Waals surface area contributed by atoms with Crippen molar-refractivity contribution in [2.75, 3.05) is 19.0 Å². The maximum atomic E-state index is 12.0. The number of hydrogen-bond donors (Lipinski definition) is 1. The fraction of sp³-hybridized carbons (Fsp3) is 0.533. The molecule has 0 spiro atoms. The van der Waals surface area contributed by atoms with Gasteiger partial charge in [-0.3, -0.25) is 4.79 Å². The van der Waals surface area contributed by atoms with Crippen molar-refractivity contribution in [1.82, 2.24) is 5.32 Å². The van der Waals surface area contributed by atoms with E-state index in [1.54, 1.807) is 12.1 Å². The van der Waals surface area contributed by atoms with E-state index in [0.29, 0.717) is 24.6 Å². The minimum atomic E-state index is -0.104. The largest absolute Gasteiger partial charge is 0.494 e. The normalized spacial score (nSPS) is 11.2. The lowest BCUT2D eigenvalue weighted by molar-refractivity contribution is 0.0939. The van der Waals surface area contributed by atoms with Gasteiger partial charge in [0.1, 0.15) is 5.75 Å². The Morgan fingerprint density at radius 1 is 1.42 bits per heavy atom. The Bertz CT molecular complexity index is 418. The van der Waals surface area contributed by atoms with Crippen molar-refractivity contribution < 1.29 is 9.53 Å². The highest BCUT2D eigenvalue weighted by atomic mass is 35.5. The Hall–Kier alpha value is -1.22. The summed E-state index contributed by atoms with van der Waals surface area (Å²) in [6.45, 7) is 7.28. The molecule has 0 aliphatic carbocycles. The molecule has 0 radical (unpaired) electrons. The number of amides is 1. The number of alkyl halides is 1. The maximum absolute atomic E-state index is 12.0. The van der Waals surface area contributed by atoms with Crippen LogP contribution in [0.5, 0.6) is 5.75 Å². The highest BCUT2D eigenvalue weighted by molar-refractivity contribution is 6.18. The summed E-state index contributed by atoms with van der Waals surface area (Å²) in [5.41, 5.74) is 0.507. The molecule has 1 aromatic rings. The second-order valence-corrected chi connectivity index (χ2v) is 5.62. The highest BCUT2D eigenvalue weighted by Gasteiger charge is 2.18. The van der Waals surface area contributed by atoms with E-state index in [0.717, 1.165) is 12.2 Å². The smallest absolute Gasteiger partial charge is 0.251 e. The highest BCUT2D eigenvalue weighted by Crippen LogP contribution is 2.17. The molecule has 0 aliphatic heterocycles. The third-order valence-corrected chi connectivity index (χ3v) is 3.38. The molecule has 1 amide bonds. The van der Waals surface area contributed by atoms with E-state index in [-0.39, 0.29) is 11.3 Å². The van der Waals surface area contributed by atoms with Crippen LogP contribution < -0.4 is 10.1 Å². The van der Waals surface area contributed by atoms with Gasteiger partial charge in [0.2, 0.25) is 0 Å². The van der Waals surface area contributed by atoms with Crippen molar-refractivity contribution in [3.05, 3.63) is 29.8 Å². The molecule has 19 heavy (non-hydrogen) atoms. The molecule has 0 saturated heterocycles. The van der Waals surface area contributed by atoms with Crippen molar-refractivity contribution in [3.8, 4) is 5.75 Å². The fourth-order valence-electron chi connectivity index (χ4n) is 1.42. The van der Waals surface area contributed by atoms with Crippen LogP contribution in [-0.2, 0) is 0 Å². The molecule has 0 unspecified atom stereocenters. The van der Waals surface area contributed by atoms with Crippen molar-refractivity contribution in [3.63, 3.8) is 0 Å². The molecular weight excluding hydrogens is 262 g/mol. The first-order chi connectivity index (χ1) is 8.98. The van der Waals surface area contributed by atoms with E-state index < -0.39 is 0 Å². The molecule has 0 heterocycles. The van der Waals surface area contributed by atoms with Crippen LogP contribution in [-0.4, -0.2) is 24.9 Å². The van der Waals surface area contributed by atoms with Gasteiger partial charge in [-0.25, -0.2) is 0 Å². The average Bonchev–Trinajstić information content (AvgIpc) is 2.43. The quantitative estimate of drug-likeness (QED) is 0.778. The van der Waals surface area contributed by atoms with Gasteiger partial charge < -0.3 is 10.1 Å². The predicted molar refractivity (Wildman–Crippen MR) is 79.1 cm³/mol. The van der Waals surface area contributed by atoms with Gasteiger partial charge in [-0.15, -0.1) is 11.6 Å². The topological polar surface area (TPSA) is 38.3 Å². The van der Waals surface area contributed by atoms with E-state index in [9.17, 15) is 4.79 Å². The van der Waals surface area contributed by atoms with E-state index in [1.807, 2.05) is 32.9 Å². The number of nitrogens with one attached hydrogen (secondary N) is 1. The van der Waals surface area contributed by atoms with Crippen LogP contribution in [0, 0.1) is 5.41 Å². The van der Waals surface area contributed by atoms with Gasteiger partial charge >= 0.3 is 0 Å². The number of carbonyl (C=O) groups is 1. The summed E-state index contributed by atoms with van der Waals surface area (Å²) in [5.74, 6) is 1.14. The summed E-state index contributed by atoms with van der Waals surface area (Å²) >= 11 is 5.83. The number of hydrogen-bond acceptors (Lipinski definition) is 2. The van der Waals surface area contributed by atoms with Crippen LogP contribution in [0.4, 0.5) is 0 Å². The second kappa shape index (κ2) is 7.39. The zero-order chi connectivity index (χ0) is 14.3. The van der Waals surface area contributed by atoms with Crippen LogP contribution in [0.2, 0.25) is 0 Å². The molecule has 0 atom stereocenters. The van der Waals surface area contributed by atoms with Crippen molar-refractivity contribution in [1.29, 1.82) is 0 Å². The third kappa shape index (κ3) is 5.52. The monoisotopic (exact) mass is 283 g/mol. The first kappa shape index (κ1) is 15.8. The minimum absolute atomic E-state index is 0.0971. The lowest BCUT2D eigenvalue weighted by Gasteiger charge is -2.21. The average molecular weight is 284 g/mol. The number of benzene rings is 1. The van der Waals surface area contributed by atoms with E-state index in [1.165, 1.54) is 0 Å².